The fraction of sp³-hybridized carbons (Fsp3) is 0.308. The summed E-state index contributed by atoms with van der Waals surface area (Å²) in [5.74, 6) is -0.427. The first-order valence-corrected chi connectivity index (χ1v) is 17.0. The number of aromatic nitrogens is 6. The second-order valence-electron chi connectivity index (χ2n) is 12.6. The number of benzene rings is 4. The molecule has 2 N–H and O–H groups in total. The molecule has 10 heteroatoms. The summed E-state index contributed by atoms with van der Waals surface area (Å²) in [7, 11) is 0. The minimum atomic E-state index is -0.460. The fourth-order valence-electron chi connectivity index (χ4n) is 5.98. The summed E-state index contributed by atoms with van der Waals surface area (Å²) in [5.41, 5.74) is 7.09. The SMILES string of the molecule is C=C(C)C(=O)OCCc1cc(Cc2cc(CCCCCCCC)cc(-n3nc4ccccc4n3)c2O)c(O)c(-n2nc3ccccc3n2)c1. The largest absolute Gasteiger partial charge is 0.505 e. The molecule has 6 aromatic rings. The standard InChI is InChI=1S/C39H42N6O4/c1-4-5-6-7-8-9-14-27-21-29(37(46)35(23-27)44-40-31-15-10-11-16-32(31)41-44)25-30-22-28(19-20-49-39(48)26(2)3)24-36(38(30)47)45-42-33-17-12-13-18-34(33)43-45/h10-13,15-18,21-24,46-47H,2,4-9,14,19-20,25H2,1,3H3. The van der Waals surface area contributed by atoms with Gasteiger partial charge in [0.05, 0.1) is 6.61 Å². The van der Waals surface area contributed by atoms with Gasteiger partial charge in [0, 0.05) is 29.5 Å². The lowest BCUT2D eigenvalue weighted by atomic mass is 9.95. The Hall–Kier alpha value is -5.51. The van der Waals surface area contributed by atoms with E-state index >= 15 is 0 Å². The van der Waals surface area contributed by atoms with Crippen LogP contribution in [0.25, 0.3) is 33.4 Å². The van der Waals surface area contributed by atoms with Crippen LogP contribution < -0.4 is 0 Å². The van der Waals surface area contributed by atoms with E-state index in [1.165, 1.54) is 35.3 Å². The average Bonchev–Trinajstić information content (AvgIpc) is 3.73. The van der Waals surface area contributed by atoms with E-state index in [0.717, 1.165) is 41.4 Å². The van der Waals surface area contributed by atoms with Crippen LogP contribution in [0, 0.1) is 0 Å². The van der Waals surface area contributed by atoms with Gasteiger partial charge in [0.15, 0.2) is 0 Å². The van der Waals surface area contributed by atoms with Crippen LogP contribution in [0.2, 0.25) is 0 Å². The van der Waals surface area contributed by atoms with E-state index in [1.54, 1.807) is 13.0 Å². The van der Waals surface area contributed by atoms with Crippen LogP contribution in [-0.4, -0.2) is 52.8 Å². The van der Waals surface area contributed by atoms with Crippen LogP contribution in [0.1, 0.15) is 74.6 Å². The highest BCUT2D eigenvalue weighted by atomic mass is 16.5. The van der Waals surface area contributed by atoms with Crippen molar-refractivity contribution >= 4 is 28.0 Å². The first-order chi connectivity index (χ1) is 23.8. The van der Waals surface area contributed by atoms with E-state index in [4.69, 9.17) is 4.74 Å². The summed E-state index contributed by atoms with van der Waals surface area (Å²) in [6.45, 7) is 7.61. The Balaban J connectivity index is 1.38. The van der Waals surface area contributed by atoms with Crippen molar-refractivity contribution in [3.05, 3.63) is 107 Å². The molecule has 0 saturated carbocycles. The first-order valence-electron chi connectivity index (χ1n) is 17.0. The highest BCUT2D eigenvalue weighted by Crippen LogP contribution is 2.35. The molecule has 49 heavy (non-hydrogen) atoms. The van der Waals surface area contributed by atoms with Crippen LogP contribution in [-0.2, 0) is 28.8 Å². The van der Waals surface area contributed by atoms with Gasteiger partial charge in [-0.05, 0) is 67.3 Å². The maximum atomic E-state index is 12.1. The van der Waals surface area contributed by atoms with E-state index in [9.17, 15) is 15.0 Å². The Morgan fingerprint density at radius 1 is 0.694 bits per heavy atom. The van der Waals surface area contributed by atoms with Crippen LogP contribution in [0.5, 0.6) is 11.5 Å². The zero-order valence-electron chi connectivity index (χ0n) is 28.1. The third-order valence-electron chi connectivity index (χ3n) is 8.63. The molecule has 4 aromatic carbocycles. The second-order valence-corrected chi connectivity index (χ2v) is 12.6. The summed E-state index contributed by atoms with van der Waals surface area (Å²) in [6, 6.07) is 22.7. The number of phenolic OH excluding ortho intramolecular Hbond substituents is 2. The number of unbranched alkanes of at least 4 members (excludes halogenated alkanes) is 5. The molecular weight excluding hydrogens is 616 g/mol. The Morgan fingerprint density at radius 3 is 1.61 bits per heavy atom. The van der Waals surface area contributed by atoms with Gasteiger partial charge in [-0.2, -0.15) is 0 Å². The monoisotopic (exact) mass is 658 g/mol. The normalized spacial score (nSPS) is 11.4. The van der Waals surface area contributed by atoms with Crippen molar-refractivity contribution in [1.29, 1.82) is 0 Å². The van der Waals surface area contributed by atoms with E-state index in [0.29, 0.717) is 45.5 Å². The number of carbonyl (C=O) groups is 1. The molecule has 6 rings (SSSR count). The van der Waals surface area contributed by atoms with Crippen LogP contribution in [0.4, 0.5) is 0 Å². The molecule has 0 saturated heterocycles. The molecule has 0 aliphatic heterocycles. The van der Waals surface area contributed by atoms with Gasteiger partial charge in [-0.1, -0.05) is 82.0 Å². The molecule has 252 valence electrons. The molecule has 0 spiro atoms. The number of phenols is 2. The van der Waals surface area contributed by atoms with Gasteiger partial charge in [-0.25, -0.2) is 4.79 Å². The maximum absolute atomic E-state index is 12.1. The molecule has 0 aliphatic carbocycles. The van der Waals surface area contributed by atoms with E-state index < -0.39 is 5.97 Å². The molecule has 0 fully saturated rings. The maximum Gasteiger partial charge on any atom is 0.333 e. The van der Waals surface area contributed by atoms with Gasteiger partial charge in [0.1, 0.15) is 44.9 Å². The number of hydrogen-bond donors (Lipinski definition) is 2. The molecule has 0 amide bonds. The van der Waals surface area contributed by atoms with Gasteiger partial charge in [-0.3, -0.25) is 0 Å². The van der Waals surface area contributed by atoms with Gasteiger partial charge >= 0.3 is 5.97 Å². The van der Waals surface area contributed by atoms with Crippen molar-refractivity contribution in [2.75, 3.05) is 6.61 Å². The number of fused-ring (bicyclic) bond motifs is 2. The minimum Gasteiger partial charge on any atom is -0.505 e. The number of aryl methyl sites for hydroxylation is 1. The van der Waals surface area contributed by atoms with Crippen molar-refractivity contribution in [2.45, 2.75) is 71.6 Å². The lowest BCUT2D eigenvalue weighted by Crippen LogP contribution is -2.09. The third-order valence-corrected chi connectivity index (χ3v) is 8.63. The zero-order chi connectivity index (χ0) is 34.3. The molecule has 0 aliphatic rings. The average molecular weight is 659 g/mol. The van der Waals surface area contributed by atoms with Gasteiger partial charge < -0.3 is 14.9 Å². The molecule has 0 radical (unpaired) electrons. The number of aromatic hydroxyl groups is 2. The molecule has 0 atom stereocenters. The third kappa shape index (κ3) is 7.80. The number of carbonyl (C=O) groups excluding carboxylic acids is 1. The number of esters is 1. The van der Waals surface area contributed by atoms with Crippen molar-refractivity contribution in [2.24, 2.45) is 0 Å². The Bertz CT molecular complexity index is 2050. The van der Waals surface area contributed by atoms with Crippen LogP contribution in [0.3, 0.4) is 0 Å². The smallest absolute Gasteiger partial charge is 0.333 e. The number of nitrogens with zero attached hydrogens (tertiary/aromatic N) is 6. The van der Waals surface area contributed by atoms with Crippen molar-refractivity contribution in [3.8, 4) is 22.9 Å². The van der Waals surface area contributed by atoms with Gasteiger partial charge in [0.2, 0.25) is 0 Å². The topological polar surface area (TPSA) is 128 Å². The van der Waals surface area contributed by atoms with Crippen LogP contribution >= 0.6 is 0 Å². The van der Waals surface area contributed by atoms with Crippen LogP contribution in [0.15, 0.2) is 84.9 Å². The van der Waals surface area contributed by atoms with E-state index in [-0.39, 0.29) is 24.5 Å². The minimum absolute atomic E-state index is 0.00628. The molecule has 2 heterocycles. The zero-order valence-corrected chi connectivity index (χ0v) is 28.1. The summed E-state index contributed by atoms with van der Waals surface area (Å²) >= 11 is 0. The van der Waals surface area contributed by atoms with E-state index in [1.807, 2.05) is 66.7 Å². The predicted molar refractivity (Wildman–Crippen MR) is 190 cm³/mol. The Morgan fingerprint density at radius 2 is 1.14 bits per heavy atom. The Kier molecular flexibility index (Phi) is 10.3. The van der Waals surface area contributed by atoms with Crippen molar-refractivity contribution in [1.82, 2.24) is 30.0 Å². The molecule has 2 aromatic heterocycles. The first kappa shape index (κ1) is 33.4. The van der Waals surface area contributed by atoms with Crippen molar-refractivity contribution < 1.29 is 19.7 Å². The fourth-order valence-corrected chi connectivity index (χ4v) is 5.98. The van der Waals surface area contributed by atoms with E-state index in [2.05, 4.69) is 33.9 Å². The number of hydrogen-bond acceptors (Lipinski definition) is 8. The summed E-state index contributed by atoms with van der Waals surface area (Å²) in [5, 5.41) is 42.0. The number of ether oxygens (including phenoxy) is 1. The highest BCUT2D eigenvalue weighted by molar-refractivity contribution is 5.86. The molecule has 0 unspecified atom stereocenters. The summed E-state index contributed by atoms with van der Waals surface area (Å²) < 4.78 is 5.39. The second kappa shape index (κ2) is 15.1. The van der Waals surface area contributed by atoms with Crippen molar-refractivity contribution in [3.63, 3.8) is 0 Å². The quantitative estimate of drug-likeness (QED) is 0.0652. The molecule has 0 bridgehead atoms. The molecular formula is C39H42N6O4. The summed E-state index contributed by atoms with van der Waals surface area (Å²) in [6.07, 6.45) is 8.47. The highest BCUT2D eigenvalue weighted by Gasteiger charge is 2.20. The number of rotatable bonds is 15. The lowest BCUT2D eigenvalue weighted by Gasteiger charge is -2.16. The van der Waals surface area contributed by atoms with Gasteiger partial charge in [0.25, 0.3) is 0 Å². The van der Waals surface area contributed by atoms with Gasteiger partial charge in [-0.15, -0.1) is 30.0 Å². The molecule has 10 nitrogen and oxygen atoms in total. The Labute approximate surface area is 285 Å². The summed E-state index contributed by atoms with van der Waals surface area (Å²) in [4.78, 5) is 15.0. The predicted octanol–water partition coefficient (Wildman–Crippen LogP) is 7.72. The lowest BCUT2D eigenvalue weighted by molar-refractivity contribution is -0.138.